The first-order chi connectivity index (χ1) is 13.5. The van der Waals surface area contributed by atoms with E-state index in [2.05, 4.69) is 20.9 Å². The van der Waals surface area contributed by atoms with E-state index in [1.807, 2.05) is 6.92 Å². The van der Waals surface area contributed by atoms with Crippen LogP contribution in [0.2, 0.25) is 0 Å². The van der Waals surface area contributed by atoms with Crippen molar-refractivity contribution in [1.82, 2.24) is 16.0 Å². The van der Waals surface area contributed by atoms with Crippen molar-refractivity contribution in [2.75, 3.05) is 33.8 Å². The number of ether oxygens (including phenoxy) is 1. The molecule has 8 heteroatoms. The van der Waals surface area contributed by atoms with Gasteiger partial charge in [0.15, 0.2) is 5.96 Å². The molecule has 2 aromatic carbocycles. The van der Waals surface area contributed by atoms with Crippen molar-refractivity contribution >= 4 is 35.8 Å². The monoisotopic (exact) mass is 514 g/mol. The lowest BCUT2D eigenvalue weighted by Crippen LogP contribution is -2.42. The average molecular weight is 514 g/mol. The molecular weight excluding hydrogens is 486 g/mol. The van der Waals surface area contributed by atoms with Gasteiger partial charge in [0.05, 0.1) is 7.11 Å². The Hall–Kier alpha value is -2.36. The Morgan fingerprint density at radius 3 is 2.31 bits per heavy atom. The highest BCUT2D eigenvalue weighted by molar-refractivity contribution is 14.0. The molecule has 6 nitrogen and oxygen atoms in total. The maximum Gasteiger partial charge on any atom is 0.251 e. The number of aryl methyl sites for hydroxylation is 1. The number of rotatable bonds is 8. The fourth-order valence-corrected chi connectivity index (χ4v) is 2.68. The summed E-state index contributed by atoms with van der Waals surface area (Å²) in [6.45, 7) is 3.57. The molecule has 0 fully saturated rings. The zero-order valence-electron chi connectivity index (χ0n) is 16.9. The van der Waals surface area contributed by atoms with E-state index in [1.54, 1.807) is 44.5 Å². The van der Waals surface area contributed by atoms with E-state index in [4.69, 9.17) is 4.74 Å². The van der Waals surface area contributed by atoms with Crippen LogP contribution in [0, 0.1) is 12.7 Å². The van der Waals surface area contributed by atoms with E-state index in [0.29, 0.717) is 36.9 Å². The van der Waals surface area contributed by atoms with Crippen LogP contribution in [0.1, 0.15) is 21.5 Å². The van der Waals surface area contributed by atoms with Gasteiger partial charge in [-0.1, -0.05) is 6.07 Å². The second-order valence-corrected chi connectivity index (χ2v) is 6.23. The molecule has 0 unspecified atom stereocenters. The van der Waals surface area contributed by atoms with Crippen LogP contribution < -0.4 is 20.7 Å². The number of nitrogens with one attached hydrogen (secondary N) is 3. The van der Waals surface area contributed by atoms with Crippen LogP contribution in [-0.2, 0) is 6.42 Å². The van der Waals surface area contributed by atoms with Crippen LogP contribution in [0.3, 0.4) is 0 Å². The van der Waals surface area contributed by atoms with Crippen molar-refractivity contribution in [3.05, 3.63) is 65.0 Å². The standard InChI is InChI=1S/C21H27FN4O2.HI/c1-15-14-18(22)7-4-16(15)10-11-25-21(23-2)26-13-12-24-20(27)17-5-8-19(28-3)9-6-17;/h4-9,14H,10-13H2,1-3H3,(H,24,27)(H2,23,25,26);1H. The second-order valence-electron chi connectivity index (χ2n) is 6.23. The van der Waals surface area contributed by atoms with Gasteiger partial charge in [0.2, 0.25) is 0 Å². The summed E-state index contributed by atoms with van der Waals surface area (Å²) in [7, 11) is 3.27. The number of carbonyl (C=O) groups excluding carboxylic acids is 1. The van der Waals surface area contributed by atoms with Gasteiger partial charge in [0.1, 0.15) is 11.6 Å². The van der Waals surface area contributed by atoms with Crippen LogP contribution in [0.15, 0.2) is 47.5 Å². The highest BCUT2D eigenvalue weighted by Gasteiger charge is 2.05. The van der Waals surface area contributed by atoms with Crippen LogP contribution in [-0.4, -0.2) is 45.7 Å². The van der Waals surface area contributed by atoms with Gasteiger partial charge in [0, 0.05) is 32.2 Å². The van der Waals surface area contributed by atoms with Crippen LogP contribution in [0.4, 0.5) is 4.39 Å². The normalized spacial score (nSPS) is 10.7. The SMILES string of the molecule is CN=C(NCCNC(=O)c1ccc(OC)cc1)NCCc1ccc(F)cc1C.I. The van der Waals surface area contributed by atoms with Gasteiger partial charge < -0.3 is 20.7 Å². The van der Waals surface area contributed by atoms with E-state index in [9.17, 15) is 9.18 Å². The first-order valence-corrected chi connectivity index (χ1v) is 9.15. The number of aliphatic imine (C=N–C) groups is 1. The topological polar surface area (TPSA) is 74.8 Å². The maximum atomic E-state index is 13.1. The first kappa shape index (κ1) is 24.7. The maximum absolute atomic E-state index is 13.1. The fourth-order valence-electron chi connectivity index (χ4n) is 2.68. The van der Waals surface area contributed by atoms with Gasteiger partial charge in [0.25, 0.3) is 5.91 Å². The molecule has 2 aromatic rings. The number of hydrogen-bond donors (Lipinski definition) is 3. The van der Waals surface area contributed by atoms with Gasteiger partial charge >= 0.3 is 0 Å². The summed E-state index contributed by atoms with van der Waals surface area (Å²) in [5.74, 6) is 1.00. The summed E-state index contributed by atoms with van der Waals surface area (Å²) >= 11 is 0. The lowest BCUT2D eigenvalue weighted by atomic mass is 10.1. The molecule has 0 aliphatic carbocycles. The van der Waals surface area contributed by atoms with Crippen LogP contribution >= 0.6 is 24.0 Å². The Morgan fingerprint density at radius 1 is 1.03 bits per heavy atom. The predicted octanol–water partition coefficient (Wildman–Crippen LogP) is 2.90. The smallest absolute Gasteiger partial charge is 0.251 e. The van der Waals surface area contributed by atoms with Crippen molar-refractivity contribution in [1.29, 1.82) is 0 Å². The summed E-state index contributed by atoms with van der Waals surface area (Å²) in [6, 6.07) is 11.8. The molecule has 0 bridgehead atoms. The van der Waals surface area contributed by atoms with Crippen molar-refractivity contribution in [3.63, 3.8) is 0 Å². The number of benzene rings is 2. The molecule has 0 aromatic heterocycles. The van der Waals surface area contributed by atoms with E-state index in [1.165, 1.54) is 12.1 Å². The summed E-state index contributed by atoms with van der Waals surface area (Å²) in [5.41, 5.74) is 2.61. The van der Waals surface area contributed by atoms with E-state index in [0.717, 1.165) is 17.5 Å². The van der Waals surface area contributed by atoms with Gasteiger partial charge in [-0.2, -0.15) is 0 Å². The third kappa shape index (κ3) is 8.26. The van der Waals surface area contributed by atoms with Crippen molar-refractivity contribution in [2.45, 2.75) is 13.3 Å². The minimum Gasteiger partial charge on any atom is -0.497 e. The molecule has 0 radical (unpaired) electrons. The van der Waals surface area contributed by atoms with E-state index >= 15 is 0 Å². The van der Waals surface area contributed by atoms with Gasteiger partial charge in [-0.3, -0.25) is 9.79 Å². The Balaban J connectivity index is 0.00000420. The summed E-state index contributed by atoms with van der Waals surface area (Å²) < 4.78 is 18.2. The van der Waals surface area contributed by atoms with Gasteiger partial charge in [-0.15, -0.1) is 24.0 Å². The number of amides is 1. The Bertz CT molecular complexity index is 813. The molecule has 0 aliphatic rings. The molecule has 0 atom stereocenters. The molecule has 0 aliphatic heterocycles. The molecule has 0 saturated carbocycles. The number of halogens is 2. The number of nitrogens with zero attached hydrogens (tertiary/aromatic N) is 1. The Morgan fingerprint density at radius 2 is 1.69 bits per heavy atom. The number of methoxy groups -OCH3 is 1. The lowest BCUT2D eigenvalue weighted by molar-refractivity contribution is 0.0954. The van der Waals surface area contributed by atoms with Crippen molar-refractivity contribution in [2.24, 2.45) is 4.99 Å². The minimum absolute atomic E-state index is 0. The summed E-state index contributed by atoms with van der Waals surface area (Å²) in [6.07, 6.45) is 0.765. The molecule has 0 spiro atoms. The highest BCUT2D eigenvalue weighted by atomic mass is 127. The third-order valence-corrected chi connectivity index (χ3v) is 4.27. The highest BCUT2D eigenvalue weighted by Crippen LogP contribution is 2.11. The largest absolute Gasteiger partial charge is 0.497 e. The Kier molecular flexibility index (Phi) is 11.0. The summed E-state index contributed by atoms with van der Waals surface area (Å²) in [5, 5.41) is 9.21. The molecule has 1 amide bonds. The van der Waals surface area contributed by atoms with Gasteiger partial charge in [-0.25, -0.2) is 4.39 Å². The number of guanidine groups is 1. The molecular formula is C21H28FIN4O2. The average Bonchev–Trinajstić information content (AvgIpc) is 2.71. The lowest BCUT2D eigenvalue weighted by Gasteiger charge is -2.13. The number of carbonyl (C=O) groups is 1. The van der Waals surface area contributed by atoms with E-state index in [-0.39, 0.29) is 35.7 Å². The molecule has 158 valence electrons. The number of hydrogen-bond acceptors (Lipinski definition) is 3. The third-order valence-electron chi connectivity index (χ3n) is 4.27. The van der Waals surface area contributed by atoms with Crippen molar-refractivity contribution < 1.29 is 13.9 Å². The van der Waals surface area contributed by atoms with Crippen LogP contribution in [0.25, 0.3) is 0 Å². The fraction of sp³-hybridized carbons (Fsp3) is 0.333. The molecule has 3 N–H and O–H groups in total. The van der Waals surface area contributed by atoms with E-state index < -0.39 is 0 Å². The van der Waals surface area contributed by atoms with Gasteiger partial charge in [-0.05, 0) is 60.9 Å². The Labute approximate surface area is 188 Å². The molecule has 0 heterocycles. The second kappa shape index (κ2) is 13.0. The predicted molar refractivity (Wildman–Crippen MR) is 125 cm³/mol. The minimum atomic E-state index is -0.219. The quantitative estimate of drug-likeness (QED) is 0.219. The van der Waals surface area contributed by atoms with Crippen LogP contribution in [0.5, 0.6) is 5.75 Å². The zero-order chi connectivity index (χ0) is 20.4. The van der Waals surface area contributed by atoms with Crippen molar-refractivity contribution in [3.8, 4) is 5.75 Å². The molecule has 0 saturated heterocycles. The summed E-state index contributed by atoms with van der Waals surface area (Å²) in [4.78, 5) is 16.2. The zero-order valence-corrected chi connectivity index (χ0v) is 19.3. The molecule has 2 rings (SSSR count). The first-order valence-electron chi connectivity index (χ1n) is 9.15. The molecule has 29 heavy (non-hydrogen) atoms.